The second-order valence-electron chi connectivity index (χ2n) is 4.18. The summed E-state index contributed by atoms with van der Waals surface area (Å²) in [4.78, 5) is 4.25. The first-order valence-electron chi connectivity index (χ1n) is 4.85. The van der Waals surface area contributed by atoms with Gasteiger partial charge in [0.1, 0.15) is 5.84 Å². The Hall–Kier alpha value is -1.38. The Kier molecular flexibility index (Phi) is 1.84. The Balaban J connectivity index is 2.39. The molecule has 3 N–H and O–H groups in total. The first-order valence-corrected chi connectivity index (χ1v) is 4.85. The summed E-state index contributed by atoms with van der Waals surface area (Å²) in [7, 11) is 0. The van der Waals surface area contributed by atoms with Crippen molar-refractivity contribution < 1.29 is 0 Å². The number of aromatic nitrogens is 1. The van der Waals surface area contributed by atoms with Crippen molar-refractivity contribution >= 4 is 5.84 Å². The number of rotatable bonds is 2. The van der Waals surface area contributed by atoms with E-state index >= 15 is 0 Å². The average Bonchev–Trinajstić information content (AvgIpc) is 2.80. The summed E-state index contributed by atoms with van der Waals surface area (Å²) in [6.45, 7) is 4.09. The van der Waals surface area contributed by atoms with Crippen LogP contribution >= 0.6 is 0 Å². The van der Waals surface area contributed by atoms with Gasteiger partial charge in [-0.05, 0) is 30.9 Å². The van der Waals surface area contributed by atoms with Crippen LogP contribution in [0, 0.1) is 18.3 Å². The molecule has 0 bridgehead atoms. The lowest BCUT2D eigenvalue weighted by Crippen LogP contribution is -2.29. The molecule has 0 radical (unpaired) electrons. The van der Waals surface area contributed by atoms with Crippen LogP contribution in [0.15, 0.2) is 18.3 Å². The molecule has 0 aromatic carbocycles. The SMILES string of the molecule is Cc1ccc(C2(C(=N)N)CC2C)cn1. The molecule has 2 rings (SSSR count). The van der Waals surface area contributed by atoms with Crippen molar-refractivity contribution in [1.82, 2.24) is 4.98 Å². The van der Waals surface area contributed by atoms with Gasteiger partial charge in [0.25, 0.3) is 0 Å². The Bertz CT molecular complexity index is 369. The number of nitrogens with zero attached hydrogens (tertiary/aromatic N) is 1. The standard InChI is InChI=1S/C11H15N3/c1-7-5-11(7,10(12)13)9-4-3-8(2)14-6-9/h3-4,6-7H,5H2,1-2H3,(H3,12,13). The number of pyridine rings is 1. The van der Waals surface area contributed by atoms with Crippen LogP contribution in [0.2, 0.25) is 0 Å². The van der Waals surface area contributed by atoms with E-state index in [9.17, 15) is 0 Å². The van der Waals surface area contributed by atoms with Gasteiger partial charge in [-0.25, -0.2) is 0 Å². The van der Waals surface area contributed by atoms with Gasteiger partial charge in [0, 0.05) is 11.9 Å². The molecule has 1 aromatic heterocycles. The number of amidine groups is 1. The molecule has 0 saturated heterocycles. The van der Waals surface area contributed by atoms with E-state index < -0.39 is 0 Å². The summed E-state index contributed by atoms with van der Waals surface area (Å²) in [5.41, 5.74) is 7.53. The lowest BCUT2D eigenvalue weighted by Gasteiger charge is -2.14. The number of hydrogen-bond acceptors (Lipinski definition) is 2. The summed E-state index contributed by atoms with van der Waals surface area (Å²) < 4.78 is 0. The summed E-state index contributed by atoms with van der Waals surface area (Å²) in [5.74, 6) is 0.750. The number of aryl methyl sites for hydroxylation is 1. The number of nitrogens with one attached hydrogen (secondary N) is 1. The molecule has 3 heteroatoms. The van der Waals surface area contributed by atoms with Crippen LogP contribution < -0.4 is 5.73 Å². The van der Waals surface area contributed by atoms with Gasteiger partial charge >= 0.3 is 0 Å². The summed E-state index contributed by atoms with van der Waals surface area (Å²) in [6, 6.07) is 4.01. The molecular weight excluding hydrogens is 174 g/mol. The van der Waals surface area contributed by atoms with Crippen LogP contribution in [0.5, 0.6) is 0 Å². The smallest absolute Gasteiger partial charge is 0.102 e. The Labute approximate surface area is 83.9 Å². The zero-order valence-corrected chi connectivity index (χ0v) is 8.54. The lowest BCUT2D eigenvalue weighted by atomic mass is 9.94. The zero-order valence-electron chi connectivity index (χ0n) is 8.54. The highest BCUT2D eigenvalue weighted by molar-refractivity contribution is 5.92. The molecule has 0 amide bonds. The van der Waals surface area contributed by atoms with E-state index in [4.69, 9.17) is 11.1 Å². The van der Waals surface area contributed by atoms with Crippen LogP contribution in [0.25, 0.3) is 0 Å². The third kappa shape index (κ3) is 1.12. The first kappa shape index (κ1) is 9.19. The number of hydrogen-bond donors (Lipinski definition) is 2. The van der Waals surface area contributed by atoms with Crippen molar-refractivity contribution in [1.29, 1.82) is 5.41 Å². The maximum Gasteiger partial charge on any atom is 0.102 e. The first-order chi connectivity index (χ1) is 6.57. The minimum absolute atomic E-state index is 0.208. The van der Waals surface area contributed by atoms with E-state index in [1.807, 2.05) is 25.3 Å². The summed E-state index contributed by atoms with van der Waals surface area (Å²) >= 11 is 0. The molecule has 1 saturated carbocycles. The summed E-state index contributed by atoms with van der Waals surface area (Å²) in [5, 5.41) is 7.63. The molecule has 14 heavy (non-hydrogen) atoms. The second-order valence-corrected chi connectivity index (χ2v) is 4.18. The molecular formula is C11H15N3. The Morgan fingerprint density at radius 1 is 1.64 bits per heavy atom. The lowest BCUT2D eigenvalue weighted by molar-refractivity contribution is 0.798. The fourth-order valence-electron chi connectivity index (χ4n) is 2.09. The van der Waals surface area contributed by atoms with Crippen LogP contribution in [0.1, 0.15) is 24.6 Å². The molecule has 2 unspecified atom stereocenters. The minimum atomic E-state index is -0.208. The largest absolute Gasteiger partial charge is 0.387 e. The minimum Gasteiger partial charge on any atom is -0.387 e. The van der Waals surface area contributed by atoms with Gasteiger partial charge in [-0.15, -0.1) is 0 Å². The van der Waals surface area contributed by atoms with Gasteiger partial charge in [0.2, 0.25) is 0 Å². The topological polar surface area (TPSA) is 62.8 Å². The molecule has 0 aliphatic heterocycles. The Morgan fingerprint density at radius 2 is 2.29 bits per heavy atom. The maximum absolute atomic E-state index is 7.63. The van der Waals surface area contributed by atoms with Crippen LogP contribution in [-0.4, -0.2) is 10.8 Å². The zero-order chi connectivity index (χ0) is 10.3. The van der Waals surface area contributed by atoms with Crippen LogP contribution in [0.4, 0.5) is 0 Å². The highest BCUT2D eigenvalue weighted by Gasteiger charge is 2.55. The van der Waals surface area contributed by atoms with Crippen LogP contribution in [0.3, 0.4) is 0 Å². The van der Waals surface area contributed by atoms with E-state index in [2.05, 4.69) is 11.9 Å². The van der Waals surface area contributed by atoms with Crippen molar-refractivity contribution in [2.75, 3.05) is 0 Å². The second kappa shape index (κ2) is 2.80. The normalized spacial score (nSPS) is 30.0. The third-order valence-electron chi connectivity index (χ3n) is 3.22. The highest BCUT2D eigenvalue weighted by atomic mass is 14.8. The molecule has 1 fully saturated rings. The fraction of sp³-hybridized carbons (Fsp3) is 0.455. The van der Waals surface area contributed by atoms with Gasteiger partial charge in [0.15, 0.2) is 0 Å². The van der Waals surface area contributed by atoms with E-state index in [-0.39, 0.29) is 11.3 Å². The maximum atomic E-state index is 7.63. The molecule has 0 spiro atoms. The van der Waals surface area contributed by atoms with E-state index in [1.54, 1.807) is 0 Å². The van der Waals surface area contributed by atoms with Crippen molar-refractivity contribution in [3.05, 3.63) is 29.6 Å². The van der Waals surface area contributed by atoms with Gasteiger partial charge < -0.3 is 5.73 Å². The fourth-order valence-corrected chi connectivity index (χ4v) is 2.09. The van der Waals surface area contributed by atoms with Crippen molar-refractivity contribution in [3.8, 4) is 0 Å². The molecule has 2 atom stereocenters. The van der Waals surface area contributed by atoms with E-state index in [1.165, 1.54) is 0 Å². The third-order valence-corrected chi connectivity index (χ3v) is 3.22. The quantitative estimate of drug-likeness (QED) is 0.548. The predicted molar refractivity (Wildman–Crippen MR) is 56.3 cm³/mol. The Morgan fingerprint density at radius 3 is 2.64 bits per heavy atom. The van der Waals surface area contributed by atoms with Crippen molar-refractivity contribution in [2.45, 2.75) is 25.7 Å². The highest BCUT2D eigenvalue weighted by Crippen LogP contribution is 2.53. The van der Waals surface area contributed by atoms with E-state index in [0.29, 0.717) is 5.92 Å². The average molecular weight is 189 g/mol. The van der Waals surface area contributed by atoms with Gasteiger partial charge in [-0.1, -0.05) is 13.0 Å². The van der Waals surface area contributed by atoms with E-state index in [0.717, 1.165) is 17.7 Å². The summed E-state index contributed by atoms with van der Waals surface area (Å²) in [6.07, 6.45) is 2.83. The van der Waals surface area contributed by atoms with Gasteiger partial charge in [0.05, 0.1) is 5.41 Å². The van der Waals surface area contributed by atoms with Crippen molar-refractivity contribution in [2.24, 2.45) is 11.7 Å². The predicted octanol–water partition coefficient (Wildman–Crippen LogP) is 1.60. The molecule has 74 valence electrons. The molecule has 1 aromatic rings. The van der Waals surface area contributed by atoms with Crippen molar-refractivity contribution in [3.63, 3.8) is 0 Å². The monoisotopic (exact) mass is 189 g/mol. The molecule has 1 heterocycles. The number of nitrogens with two attached hydrogens (primary N) is 1. The van der Waals surface area contributed by atoms with Gasteiger partial charge in [-0.3, -0.25) is 10.4 Å². The molecule has 3 nitrogen and oxygen atoms in total. The molecule has 1 aliphatic rings. The molecule has 1 aliphatic carbocycles. The van der Waals surface area contributed by atoms with Gasteiger partial charge in [-0.2, -0.15) is 0 Å². The van der Waals surface area contributed by atoms with Crippen LogP contribution in [-0.2, 0) is 5.41 Å².